The number of nitrogens with two attached hydrogens (primary N) is 1. The largest absolute Gasteiger partial charge is 0.573 e. The molecular weight excluding hydrogens is 278 g/mol. The van der Waals surface area contributed by atoms with E-state index in [9.17, 15) is 18.3 Å². The van der Waals surface area contributed by atoms with Gasteiger partial charge in [0.15, 0.2) is 11.5 Å². The number of halogens is 3. The van der Waals surface area contributed by atoms with Gasteiger partial charge < -0.3 is 25.1 Å². The lowest BCUT2D eigenvalue weighted by atomic mass is 9.85. The first kappa shape index (κ1) is 16.4. The minimum Gasteiger partial charge on any atom is -0.496 e. The summed E-state index contributed by atoms with van der Waals surface area (Å²) in [7, 11) is 7.67. The fourth-order valence-electron chi connectivity index (χ4n) is 1.58. The van der Waals surface area contributed by atoms with Crippen LogP contribution < -0.4 is 19.9 Å². The fraction of sp³-hybridized carbons (Fsp3) is 0.455. The number of hydrogen-bond donors (Lipinski definition) is 2. The Morgan fingerprint density at radius 1 is 1.15 bits per heavy atom. The number of alkyl halides is 3. The van der Waals surface area contributed by atoms with Crippen LogP contribution in [0.1, 0.15) is 5.56 Å². The second-order valence-corrected chi connectivity index (χ2v) is 4.03. The summed E-state index contributed by atoms with van der Waals surface area (Å²) in [5, 5.41) is 9.36. The van der Waals surface area contributed by atoms with Crippen molar-refractivity contribution in [3.8, 4) is 17.2 Å². The van der Waals surface area contributed by atoms with Gasteiger partial charge in [0.05, 0.1) is 19.8 Å². The standard InChI is InChI=1S/C11H13BF3NO4/c1-18-7-4-9(20-11(13,14)15)8(19-2)3-6(7)5-10(12,16)17/h3-4,17H,5,16H2,1-2H3. The van der Waals surface area contributed by atoms with Crippen LogP contribution in [0.15, 0.2) is 12.1 Å². The Morgan fingerprint density at radius 3 is 2.10 bits per heavy atom. The van der Waals surface area contributed by atoms with Crippen molar-refractivity contribution in [2.75, 3.05) is 14.2 Å². The molecule has 0 aromatic heterocycles. The molecule has 2 radical (unpaired) electrons. The van der Waals surface area contributed by atoms with Crippen LogP contribution in [0.5, 0.6) is 17.2 Å². The quantitative estimate of drug-likeness (QED) is 0.623. The Balaban J connectivity index is 3.23. The summed E-state index contributed by atoms with van der Waals surface area (Å²) in [5.74, 6) is -0.736. The van der Waals surface area contributed by atoms with Crippen LogP contribution in [0.2, 0.25) is 0 Å². The van der Waals surface area contributed by atoms with Gasteiger partial charge in [0.25, 0.3) is 0 Å². The molecule has 0 saturated carbocycles. The van der Waals surface area contributed by atoms with Gasteiger partial charge in [-0.05, 0) is 6.07 Å². The van der Waals surface area contributed by atoms with Crippen LogP contribution >= 0.6 is 0 Å². The summed E-state index contributed by atoms with van der Waals surface area (Å²) >= 11 is 0. The molecule has 0 saturated heterocycles. The van der Waals surface area contributed by atoms with E-state index in [0.717, 1.165) is 6.07 Å². The summed E-state index contributed by atoms with van der Waals surface area (Å²) in [6.45, 7) is 0. The average molecular weight is 291 g/mol. The highest BCUT2D eigenvalue weighted by Gasteiger charge is 2.33. The minimum absolute atomic E-state index is 0.0272. The van der Waals surface area contributed by atoms with Crippen molar-refractivity contribution in [3.05, 3.63) is 17.7 Å². The van der Waals surface area contributed by atoms with Crippen molar-refractivity contribution in [1.29, 1.82) is 0 Å². The summed E-state index contributed by atoms with van der Waals surface area (Å²) in [4.78, 5) is 0. The average Bonchev–Trinajstić information content (AvgIpc) is 2.26. The number of hydrogen-bond acceptors (Lipinski definition) is 5. The van der Waals surface area contributed by atoms with Gasteiger partial charge >= 0.3 is 6.36 Å². The van der Waals surface area contributed by atoms with Gasteiger partial charge in [-0.15, -0.1) is 13.2 Å². The van der Waals surface area contributed by atoms with Crippen molar-refractivity contribution in [3.63, 3.8) is 0 Å². The Bertz CT molecular complexity index is 430. The van der Waals surface area contributed by atoms with Crippen LogP contribution in [0, 0.1) is 0 Å². The Morgan fingerprint density at radius 2 is 1.70 bits per heavy atom. The van der Waals surface area contributed by atoms with Gasteiger partial charge in [-0.3, -0.25) is 0 Å². The van der Waals surface area contributed by atoms with Gasteiger partial charge in [0.1, 0.15) is 13.6 Å². The Labute approximate surface area is 114 Å². The molecule has 0 aliphatic heterocycles. The molecule has 1 atom stereocenters. The zero-order valence-electron chi connectivity index (χ0n) is 10.8. The van der Waals surface area contributed by atoms with Crippen LogP contribution in [-0.4, -0.2) is 39.2 Å². The molecule has 0 spiro atoms. The maximum atomic E-state index is 12.3. The van der Waals surface area contributed by atoms with Gasteiger partial charge in [-0.1, -0.05) is 0 Å². The molecule has 0 heterocycles. The van der Waals surface area contributed by atoms with Crippen molar-refractivity contribution in [2.24, 2.45) is 5.73 Å². The lowest BCUT2D eigenvalue weighted by Crippen LogP contribution is -2.42. The molecule has 9 heteroatoms. The molecule has 1 unspecified atom stereocenters. The number of benzene rings is 1. The topological polar surface area (TPSA) is 73.9 Å². The predicted molar refractivity (Wildman–Crippen MR) is 64.8 cm³/mol. The highest BCUT2D eigenvalue weighted by molar-refractivity contribution is 6.13. The summed E-state index contributed by atoms with van der Waals surface area (Å²) in [6, 6.07) is 2.18. The second kappa shape index (κ2) is 5.80. The van der Waals surface area contributed by atoms with Gasteiger partial charge in [-0.2, -0.15) is 0 Å². The third-order valence-electron chi connectivity index (χ3n) is 2.27. The van der Waals surface area contributed by atoms with E-state index >= 15 is 0 Å². The first-order valence-electron chi connectivity index (χ1n) is 5.36. The molecule has 0 aliphatic rings. The van der Waals surface area contributed by atoms with Gasteiger partial charge in [0.2, 0.25) is 0 Å². The first-order chi connectivity index (χ1) is 9.05. The molecule has 1 rings (SSSR count). The van der Waals surface area contributed by atoms with E-state index in [0.29, 0.717) is 0 Å². The van der Waals surface area contributed by atoms with Crippen molar-refractivity contribution >= 4 is 7.85 Å². The van der Waals surface area contributed by atoms with E-state index < -0.39 is 17.7 Å². The molecule has 0 aliphatic carbocycles. The molecule has 5 nitrogen and oxygen atoms in total. The highest BCUT2D eigenvalue weighted by Crippen LogP contribution is 2.38. The van der Waals surface area contributed by atoms with E-state index in [1.165, 1.54) is 20.3 Å². The molecule has 0 amide bonds. The van der Waals surface area contributed by atoms with Gasteiger partial charge in [0, 0.05) is 18.1 Å². The van der Waals surface area contributed by atoms with Crippen molar-refractivity contribution < 1.29 is 32.5 Å². The van der Waals surface area contributed by atoms with E-state index in [1.807, 2.05) is 0 Å². The van der Waals surface area contributed by atoms with Crippen LogP contribution in [0.3, 0.4) is 0 Å². The van der Waals surface area contributed by atoms with E-state index in [2.05, 4.69) is 4.74 Å². The lowest BCUT2D eigenvalue weighted by Gasteiger charge is -2.21. The molecular formula is C11H13BF3NO4. The number of methoxy groups -OCH3 is 2. The smallest absolute Gasteiger partial charge is 0.496 e. The molecule has 1 aromatic rings. The predicted octanol–water partition coefficient (Wildman–Crippen LogP) is 0.918. The van der Waals surface area contributed by atoms with Gasteiger partial charge in [-0.25, -0.2) is 0 Å². The highest BCUT2D eigenvalue weighted by atomic mass is 19.4. The monoisotopic (exact) mass is 291 g/mol. The van der Waals surface area contributed by atoms with Crippen LogP contribution in [0.25, 0.3) is 0 Å². The third kappa shape index (κ3) is 4.82. The zero-order chi connectivity index (χ0) is 15.6. The molecule has 1 aromatic carbocycles. The number of ether oxygens (including phenoxy) is 3. The SMILES string of the molecule is [B]C(N)(O)Cc1cc(OC)c(OC(F)(F)F)cc1OC. The van der Waals surface area contributed by atoms with E-state index in [-0.39, 0.29) is 23.5 Å². The normalized spacial score (nSPS) is 14.6. The fourth-order valence-corrected chi connectivity index (χ4v) is 1.58. The van der Waals surface area contributed by atoms with E-state index in [4.69, 9.17) is 23.1 Å². The summed E-state index contributed by atoms with van der Waals surface area (Å²) in [5.41, 5.74) is 3.48. The number of rotatable bonds is 5. The Kier molecular flexibility index (Phi) is 4.77. The molecule has 0 bridgehead atoms. The third-order valence-corrected chi connectivity index (χ3v) is 2.27. The second-order valence-electron chi connectivity index (χ2n) is 4.03. The molecule has 110 valence electrons. The summed E-state index contributed by atoms with van der Waals surface area (Å²) < 4.78 is 50.3. The Hall–Kier alpha value is -1.61. The maximum absolute atomic E-state index is 12.3. The summed E-state index contributed by atoms with van der Waals surface area (Å²) in [6.07, 6.45) is -5.12. The van der Waals surface area contributed by atoms with Crippen molar-refractivity contribution in [1.82, 2.24) is 0 Å². The minimum atomic E-state index is -4.87. The van der Waals surface area contributed by atoms with Crippen LogP contribution in [-0.2, 0) is 6.42 Å². The lowest BCUT2D eigenvalue weighted by molar-refractivity contribution is -0.275. The van der Waals surface area contributed by atoms with E-state index in [1.54, 1.807) is 0 Å². The molecule has 3 N–H and O–H groups in total. The van der Waals surface area contributed by atoms with Crippen molar-refractivity contribution in [2.45, 2.75) is 18.4 Å². The molecule has 0 fully saturated rings. The zero-order valence-corrected chi connectivity index (χ0v) is 10.8. The molecule has 20 heavy (non-hydrogen) atoms. The maximum Gasteiger partial charge on any atom is 0.573 e. The van der Waals surface area contributed by atoms with Crippen LogP contribution in [0.4, 0.5) is 13.2 Å². The first-order valence-corrected chi connectivity index (χ1v) is 5.36. The number of aliphatic hydroxyl groups is 1.